The molecule has 1 aliphatic rings. The molecule has 4 amide bonds. The van der Waals surface area contributed by atoms with Crippen molar-refractivity contribution >= 4 is 28.6 Å². The average molecular weight is 288 g/mol. The molecular weight excluding hydrogens is 268 g/mol. The molecule has 0 aromatic heterocycles. The number of carbonyl (C=O) groups excluding carboxylic acids is 3. The highest BCUT2D eigenvalue weighted by atomic mass is 32.2. The van der Waals surface area contributed by atoms with Crippen LogP contribution in [0.1, 0.15) is 33.1 Å². The van der Waals surface area contributed by atoms with Gasteiger partial charge in [0.2, 0.25) is 11.8 Å². The van der Waals surface area contributed by atoms with Crippen LogP contribution >= 0.6 is 0 Å². The van der Waals surface area contributed by atoms with E-state index in [-0.39, 0.29) is 6.54 Å². The molecule has 0 saturated carbocycles. The standard InChI is InChI=1S/C12H20N2O4S/c1-4-12(5-2)9(15)13-11(17)14(10(12)16)7-6-8-19(3)18/h4-8H2,1-3H3,(H,13,15,17). The van der Waals surface area contributed by atoms with Crippen LogP contribution in [-0.2, 0) is 20.4 Å². The number of imide groups is 2. The van der Waals surface area contributed by atoms with Gasteiger partial charge in [0, 0.05) is 29.4 Å². The molecule has 108 valence electrons. The summed E-state index contributed by atoms with van der Waals surface area (Å²) in [5.74, 6) is -0.521. The summed E-state index contributed by atoms with van der Waals surface area (Å²) in [6, 6.07) is -0.672. The van der Waals surface area contributed by atoms with E-state index in [2.05, 4.69) is 5.32 Å². The number of hydrogen-bond acceptors (Lipinski definition) is 4. The maximum Gasteiger partial charge on any atom is 0.330 e. The molecule has 0 bridgehead atoms. The lowest BCUT2D eigenvalue weighted by molar-refractivity contribution is -0.152. The molecule has 1 saturated heterocycles. The Morgan fingerprint density at radius 3 is 2.26 bits per heavy atom. The Morgan fingerprint density at radius 2 is 1.79 bits per heavy atom. The third-order valence-corrected chi connectivity index (χ3v) is 4.44. The van der Waals surface area contributed by atoms with Gasteiger partial charge in [-0.25, -0.2) is 4.79 Å². The van der Waals surface area contributed by atoms with Gasteiger partial charge in [0.1, 0.15) is 5.41 Å². The highest BCUT2D eigenvalue weighted by Gasteiger charge is 2.51. The summed E-state index contributed by atoms with van der Waals surface area (Å²) in [7, 11) is -0.959. The second kappa shape index (κ2) is 6.27. The first-order valence-electron chi connectivity index (χ1n) is 6.36. The lowest BCUT2D eigenvalue weighted by Gasteiger charge is -2.38. The first-order valence-corrected chi connectivity index (χ1v) is 8.09. The van der Waals surface area contributed by atoms with Crippen molar-refractivity contribution in [2.45, 2.75) is 33.1 Å². The number of nitrogens with one attached hydrogen (secondary N) is 1. The zero-order valence-corrected chi connectivity index (χ0v) is 12.3. The summed E-state index contributed by atoms with van der Waals surface area (Å²) in [6.45, 7) is 3.71. The molecule has 1 atom stereocenters. The summed E-state index contributed by atoms with van der Waals surface area (Å²) in [4.78, 5) is 37.1. The van der Waals surface area contributed by atoms with E-state index >= 15 is 0 Å². The van der Waals surface area contributed by atoms with Gasteiger partial charge in [-0.05, 0) is 19.3 Å². The predicted molar refractivity (Wildman–Crippen MR) is 71.8 cm³/mol. The lowest BCUT2D eigenvalue weighted by Crippen LogP contribution is -2.63. The Labute approximate surface area is 115 Å². The normalized spacial score (nSPS) is 20.4. The largest absolute Gasteiger partial charge is 0.330 e. The molecule has 1 N–H and O–H groups in total. The Morgan fingerprint density at radius 1 is 1.21 bits per heavy atom. The molecular formula is C12H20N2O4S. The zero-order valence-electron chi connectivity index (χ0n) is 11.5. The fourth-order valence-corrected chi connectivity index (χ4v) is 2.77. The van der Waals surface area contributed by atoms with Gasteiger partial charge in [-0.15, -0.1) is 0 Å². The highest BCUT2D eigenvalue weighted by Crippen LogP contribution is 2.32. The van der Waals surface area contributed by atoms with Gasteiger partial charge >= 0.3 is 6.03 Å². The van der Waals surface area contributed by atoms with E-state index in [0.29, 0.717) is 25.0 Å². The number of barbiturate groups is 1. The molecule has 1 unspecified atom stereocenters. The summed E-state index contributed by atoms with van der Waals surface area (Å²) < 4.78 is 11.0. The smallest absolute Gasteiger partial charge is 0.277 e. The van der Waals surface area contributed by atoms with Crippen molar-refractivity contribution in [2.24, 2.45) is 5.41 Å². The molecule has 1 heterocycles. The number of amides is 4. The minimum absolute atomic E-state index is 0.194. The Bertz CT molecular complexity index is 418. The van der Waals surface area contributed by atoms with Gasteiger partial charge < -0.3 is 0 Å². The van der Waals surface area contributed by atoms with E-state index in [1.165, 1.54) is 0 Å². The Kier molecular flexibility index (Phi) is 5.22. The first-order chi connectivity index (χ1) is 8.89. The van der Waals surface area contributed by atoms with Crippen LogP contribution in [0.4, 0.5) is 4.79 Å². The van der Waals surface area contributed by atoms with Gasteiger partial charge in [0.15, 0.2) is 0 Å². The lowest BCUT2D eigenvalue weighted by atomic mass is 9.78. The summed E-state index contributed by atoms with van der Waals surface area (Å²) in [5.41, 5.74) is -1.14. The summed E-state index contributed by atoms with van der Waals surface area (Å²) in [5, 5.41) is 2.24. The molecule has 1 aliphatic heterocycles. The van der Waals surface area contributed by atoms with Crippen LogP contribution in [-0.4, -0.2) is 45.5 Å². The number of urea groups is 1. The van der Waals surface area contributed by atoms with Gasteiger partial charge in [-0.3, -0.25) is 24.0 Å². The van der Waals surface area contributed by atoms with E-state index < -0.39 is 34.1 Å². The SMILES string of the molecule is CCC1(CC)C(=O)NC(=O)N(CCCS(C)=O)C1=O. The molecule has 0 aromatic carbocycles. The van der Waals surface area contributed by atoms with Gasteiger partial charge in [0.05, 0.1) is 0 Å². The molecule has 6 nitrogen and oxygen atoms in total. The van der Waals surface area contributed by atoms with E-state index in [4.69, 9.17) is 0 Å². The maximum atomic E-state index is 12.4. The number of carbonyl (C=O) groups is 3. The fraction of sp³-hybridized carbons (Fsp3) is 0.750. The molecule has 0 spiro atoms. The van der Waals surface area contributed by atoms with Crippen molar-refractivity contribution in [1.29, 1.82) is 0 Å². The predicted octanol–water partition coefficient (Wildman–Crippen LogP) is 0.640. The third-order valence-electron chi connectivity index (χ3n) is 3.58. The third kappa shape index (κ3) is 3.02. The van der Waals surface area contributed by atoms with Crippen LogP contribution in [0, 0.1) is 5.41 Å². The first kappa shape index (κ1) is 15.8. The van der Waals surface area contributed by atoms with Crippen molar-refractivity contribution in [2.75, 3.05) is 18.6 Å². The van der Waals surface area contributed by atoms with Crippen molar-refractivity contribution in [3.63, 3.8) is 0 Å². The van der Waals surface area contributed by atoms with E-state index in [1.54, 1.807) is 20.1 Å². The van der Waals surface area contributed by atoms with Crippen molar-refractivity contribution < 1.29 is 18.6 Å². The molecule has 0 radical (unpaired) electrons. The van der Waals surface area contributed by atoms with Crippen LogP contribution in [0.15, 0.2) is 0 Å². The molecule has 0 aromatic rings. The van der Waals surface area contributed by atoms with E-state index in [0.717, 1.165) is 4.90 Å². The summed E-state index contributed by atoms with van der Waals surface area (Å²) >= 11 is 0. The van der Waals surface area contributed by atoms with Gasteiger partial charge in [-0.1, -0.05) is 13.8 Å². The second-order valence-corrected chi connectivity index (χ2v) is 6.19. The van der Waals surface area contributed by atoms with Crippen LogP contribution in [0.2, 0.25) is 0 Å². The molecule has 1 fully saturated rings. The van der Waals surface area contributed by atoms with Crippen LogP contribution < -0.4 is 5.32 Å². The Hall–Kier alpha value is -1.24. The average Bonchev–Trinajstić information content (AvgIpc) is 2.34. The number of hydrogen-bond donors (Lipinski definition) is 1. The van der Waals surface area contributed by atoms with Crippen molar-refractivity contribution in [3.05, 3.63) is 0 Å². The molecule has 1 rings (SSSR count). The Balaban J connectivity index is 2.86. The highest BCUT2D eigenvalue weighted by molar-refractivity contribution is 7.84. The zero-order chi connectivity index (χ0) is 14.6. The molecule has 7 heteroatoms. The van der Waals surface area contributed by atoms with Gasteiger partial charge in [0.25, 0.3) is 0 Å². The van der Waals surface area contributed by atoms with Crippen molar-refractivity contribution in [3.8, 4) is 0 Å². The monoisotopic (exact) mass is 288 g/mol. The van der Waals surface area contributed by atoms with Crippen LogP contribution in [0.25, 0.3) is 0 Å². The number of nitrogens with zero attached hydrogens (tertiary/aromatic N) is 1. The molecule has 0 aliphatic carbocycles. The molecule has 19 heavy (non-hydrogen) atoms. The van der Waals surface area contributed by atoms with Gasteiger partial charge in [-0.2, -0.15) is 0 Å². The number of rotatable bonds is 6. The topological polar surface area (TPSA) is 83.6 Å². The summed E-state index contributed by atoms with van der Waals surface area (Å²) in [6.07, 6.45) is 2.76. The fourth-order valence-electron chi connectivity index (χ4n) is 2.23. The minimum atomic E-state index is -1.14. The van der Waals surface area contributed by atoms with Crippen LogP contribution in [0.5, 0.6) is 0 Å². The van der Waals surface area contributed by atoms with E-state index in [1.807, 2.05) is 0 Å². The second-order valence-electron chi connectivity index (χ2n) is 4.64. The van der Waals surface area contributed by atoms with Crippen LogP contribution in [0.3, 0.4) is 0 Å². The minimum Gasteiger partial charge on any atom is -0.277 e. The van der Waals surface area contributed by atoms with Crippen molar-refractivity contribution in [1.82, 2.24) is 10.2 Å². The quantitative estimate of drug-likeness (QED) is 0.727. The van der Waals surface area contributed by atoms with E-state index in [9.17, 15) is 18.6 Å². The maximum absolute atomic E-state index is 12.4.